The van der Waals surface area contributed by atoms with Gasteiger partial charge in [0.25, 0.3) is 5.91 Å². The van der Waals surface area contributed by atoms with Gasteiger partial charge in [0.15, 0.2) is 5.13 Å². The van der Waals surface area contributed by atoms with Crippen LogP contribution in [0.3, 0.4) is 0 Å². The first kappa shape index (κ1) is 11.8. The summed E-state index contributed by atoms with van der Waals surface area (Å²) >= 11 is 1.52. The summed E-state index contributed by atoms with van der Waals surface area (Å²) in [6.45, 7) is 3.99. The Labute approximate surface area is 105 Å². The second-order valence-corrected chi connectivity index (χ2v) is 4.87. The minimum atomic E-state index is -0.0971. The normalized spacial score (nSPS) is 10.2. The van der Waals surface area contributed by atoms with Crippen molar-refractivity contribution in [3.63, 3.8) is 0 Å². The molecule has 0 radical (unpaired) electrons. The van der Waals surface area contributed by atoms with Crippen molar-refractivity contribution in [2.24, 2.45) is 0 Å². The largest absolute Gasteiger partial charge is 0.298 e. The summed E-state index contributed by atoms with van der Waals surface area (Å²) in [5.74, 6) is -0.0971. The monoisotopic (exact) mass is 246 g/mol. The Balaban J connectivity index is 2.14. The Morgan fingerprint density at radius 2 is 2.18 bits per heavy atom. The second-order valence-electron chi connectivity index (χ2n) is 3.75. The van der Waals surface area contributed by atoms with E-state index in [0.717, 1.165) is 12.0 Å². The van der Waals surface area contributed by atoms with Crippen LogP contribution in [0.15, 0.2) is 30.5 Å². The van der Waals surface area contributed by atoms with E-state index < -0.39 is 0 Å². The van der Waals surface area contributed by atoms with E-state index in [9.17, 15) is 4.79 Å². The highest BCUT2D eigenvalue weighted by atomic mass is 32.1. The van der Waals surface area contributed by atoms with Gasteiger partial charge in [-0.25, -0.2) is 4.98 Å². The van der Waals surface area contributed by atoms with Gasteiger partial charge in [0.05, 0.1) is 0 Å². The number of anilines is 1. The molecule has 1 heterocycles. The minimum Gasteiger partial charge on any atom is -0.298 e. The van der Waals surface area contributed by atoms with Crippen molar-refractivity contribution in [2.45, 2.75) is 20.3 Å². The third kappa shape index (κ3) is 2.71. The summed E-state index contributed by atoms with van der Waals surface area (Å²) in [4.78, 5) is 17.3. The van der Waals surface area contributed by atoms with E-state index in [2.05, 4.69) is 17.2 Å². The molecule has 0 fully saturated rings. The number of aromatic nitrogens is 1. The molecule has 0 aliphatic rings. The molecule has 1 aromatic heterocycles. The highest BCUT2D eigenvalue weighted by Crippen LogP contribution is 2.19. The summed E-state index contributed by atoms with van der Waals surface area (Å²) < 4.78 is 0. The van der Waals surface area contributed by atoms with Gasteiger partial charge in [0, 0.05) is 16.6 Å². The molecule has 1 aromatic carbocycles. The average Bonchev–Trinajstić information content (AvgIpc) is 2.77. The van der Waals surface area contributed by atoms with Gasteiger partial charge in [-0.1, -0.05) is 25.1 Å². The number of rotatable bonds is 3. The van der Waals surface area contributed by atoms with Crippen LogP contribution in [-0.2, 0) is 6.42 Å². The van der Waals surface area contributed by atoms with Crippen molar-refractivity contribution in [3.05, 3.63) is 46.5 Å². The van der Waals surface area contributed by atoms with E-state index >= 15 is 0 Å². The van der Waals surface area contributed by atoms with Gasteiger partial charge in [-0.3, -0.25) is 10.1 Å². The first-order valence-electron chi connectivity index (χ1n) is 5.52. The van der Waals surface area contributed by atoms with Gasteiger partial charge in [-0.15, -0.1) is 11.3 Å². The van der Waals surface area contributed by atoms with Crippen LogP contribution in [0.5, 0.6) is 0 Å². The van der Waals surface area contributed by atoms with Gasteiger partial charge in [0.2, 0.25) is 0 Å². The standard InChI is InChI=1S/C13H14N2OS/c1-3-10-8-14-13(17-10)15-12(16)11-7-5-4-6-9(11)2/h4-8H,3H2,1-2H3,(H,14,15,16). The van der Waals surface area contributed by atoms with Crippen LogP contribution in [0, 0.1) is 6.92 Å². The van der Waals surface area contributed by atoms with Crippen LogP contribution in [-0.4, -0.2) is 10.9 Å². The lowest BCUT2D eigenvalue weighted by Crippen LogP contribution is -2.12. The number of carbonyl (C=O) groups is 1. The van der Waals surface area contributed by atoms with Crippen LogP contribution < -0.4 is 5.32 Å². The molecule has 2 aromatic rings. The summed E-state index contributed by atoms with van der Waals surface area (Å²) in [6.07, 6.45) is 2.75. The summed E-state index contributed by atoms with van der Waals surface area (Å²) in [6, 6.07) is 7.53. The average molecular weight is 246 g/mol. The molecule has 1 N–H and O–H groups in total. The predicted octanol–water partition coefficient (Wildman–Crippen LogP) is 3.27. The van der Waals surface area contributed by atoms with Crippen molar-refractivity contribution < 1.29 is 4.79 Å². The number of thiazole rings is 1. The van der Waals surface area contributed by atoms with E-state index in [1.165, 1.54) is 16.2 Å². The molecule has 0 saturated heterocycles. The summed E-state index contributed by atoms with van der Waals surface area (Å²) in [5, 5.41) is 3.48. The Morgan fingerprint density at radius 3 is 2.82 bits per heavy atom. The van der Waals surface area contributed by atoms with Crippen LogP contribution >= 0.6 is 11.3 Å². The molecule has 4 heteroatoms. The molecule has 0 aliphatic carbocycles. The quantitative estimate of drug-likeness (QED) is 0.903. The third-order valence-electron chi connectivity index (χ3n) is 2.51. The fourth-order valence-corrected chi connectivity index (χ4v) is 2.27. The SMILES string of the molecule is CCc1cnc(NC(=O)c2ccccc2C)s1. The molecule has 0 aliphatic heterocycles. The van der Waals surface area contributed by atoms with Crippen LogP contribution in [0.1, 0.15) is 27.7 Å². The first-order valence-corrected chi connectivity index (χ1v) is 6.34. The predicted molar refractivity (Wildman–Crippen MR) is 70.6 cm³/mol. The molecule has 0 saturated carbocycles. The lowest BCUT2D eigenvalue weighted by atomic mass is 10.1. The number of hydrogen-bond donors (Lipinski definition) is 1. The molecular formula is C13H14N2OS. The molecule has 0 unspecified atom stereocenters. The molecule has 88 valence electrons. The van der Waals surface area contributed by atoms with Gasteiger partial charge >= 0.3 is 0 Å². The van der Waals surface area contributed by atoms with Crippen LogP contribution in [0.2, 0.25) is 0 Å². The van der Waals surface area contributed by atoms with E-state index in [-0.39, 0.29) is 5.91 Å². The zero-order chi connectivity index (χ0) is 12.3. The zero-order valence-electron chi connectivity index (χ0n) is 9.86. The number of amides is 1. The van der Waals surface area contributed by atoms with Gasteiger partial charge in [-0.2, -0.15) is 0 Å². The number of hydrogen-bond acceptors (Lipinski definition) is 3. The Morgan fingerprint density at radius 1 is 1.41 bits per heavy atom. The minimum absolute atomic E-state index is 0.0971. The maximum atomic E-state index is 12.0. The van der Waals surface area contributed by atoms with E-state index in [4.69, 9.17) is 0 Å². The fourth-order valence-electron chi connectivity index (χ4n) is 1.52. The smallest absolute Gasteiger partial charge is 0.257 e. The molecular weight excluding hydrogens is 232 g/mol. The lowest BCUT2D eigenvalue weighted by molar-refractivity contribution is 0.102. The number of benzene rings is 1. The molecule has 0 spiro atoms. The number of nitrogens with one attached hydrogen (secondary N) is 1. The van der Waals surface area contributed by atoms with Crippen molar-refractivity contribution in [1.29, 1.82) is 0 Å². The van der Waals surface area contributed by atoms with Crippen LogP contribution in [0.4, 0.5) is 5.13 Å². The third-order valence-corrected chi connectivity index (χ3v) is 3.57. The Bertz CT molecular complexity index is 534. The molecule has 1 amide bonds. The molecule has 2 rings (SSSR count). The Kier molecular flexibility index (Phi) is 3.54. The maximum absolute atomic E-state index is 12.0. The zero-order valence-corrected chi connectivity index (χ0v) is 10.7. The molecule has 0 atom stereocenters. The first-order chi connectivity index (χ1) is 8.20. The van der Waals surface area contributed by atoms with Gasteiger partial charge in [0.1, 0.15) is 0 Å². The maximum Gasteiger partial charge on any atom is 0.257 e. The van der Waals surface area contributed by atoms with Gasteiger partial charge < -0.3 is 0 Å². The number of nitrogens with zero attached hydrogens (tertiary/aromatic N) is 1. The van der Waals surface area contributed by atoms with Gasteiger partial charge in [-0.05, 0) is 25.0 Å². The topological polar surface area (TPSA) is 42.0 Å². The van der Waals surface area contributed by atoms with Crippen LogP contribution in [0.25, 0.3) is 0 Å². The Hall–Kier alpha value is -1.68. The lowest BCUT2D eigenvalue weighted by Gasteiger charge is -2.04. The summed E-state index contributed by atoms with van der Waals surface area (Å²) in [7, 11) is 0. The van der Waals surface area contributed by atoms with Crippen molar-refractivity contribution in [2.75, 3.05) is 5.32 Å². The summed E-state index contributed by atoms with van der Waals surface area (Å²) in [5.41, 5.74) is 1.66. The highest BCUT2D eigenvalue weighted by Gasteiger charge is 2.10. The van der Waals surface area contributed by atoms with E-state index in [0.29, 0.717) is 10.7 Å². The fraction of sp³-hybridized carbons (Fsp3) is 0.231. The van der Waals surface area contributed by atoms with E-state index in [1.54, 1.807) is 6.20 Å². The number of carbonyl (C=O) groups excluding carboxylic acids is 1. The van der Waals surface area contributed by atoms with Crippen molar-refractivity contribution in [3.8, 4) is 0 Å². The molecule has 17 heavy (non-hydrogen) atoms. The highest BCUT2D eigenvalue weighted by molar-refractivity contribution is 7.15. The molecule has 3 nitrogen and oxygen atoms in total. The molecule has 0 bridgehead atoms. The number of aryl methyl sites for hydroxylation is 2. The van der Waals surface area contributed by atoms with E-state index in [1.807, 2.05) is 31.2 Å². The second kappa shape index (κ2) is 5.10. The van der Waals surface area contributed by atoms with Crippen molar-refractivity contribution >= 4 is 22.4 Å². The van der Waals surface area contributed by atoms with Crippen molar-refractivity contribution in [1.82, 2.24) is 4.98 Å².